The van der Waals surface area contributed by atoms with Gasteiger partial charge < -0.3 is 10.4 Å². The second-order valence-corrected chi connectivity index (χ2v) is 7.96. The molecule has 1 aromatic rings. The second-order valence-electron chi connectivity index (χ2n) is 4.66. The van der Waals surface area contributed by atoms with Crippen LogP contribution in [0.3, 0.4) is 0 Å². The predicted molar refractivity (Wildman–Crippen MR) is 71.5 cm³/mol. The highest BCUT2D eigenvalue weighted by Crippen LogP contribution is 2.22. The van der Waals surface area contributed by atoms with Gasteiger partial charge in [-0.25, -0.2) is 13.4 Å². The molecule has 7 heteroatoms. The van der Waals surface area contributed by atoms with E-state index < -0.39 is 15.9 Å². The normalized spacial score (nSPS) is 28.4. The van der Waals surface area contributed by atoms with Crippen LogP contribution in [0.15, 0.2) is 6.20 Å². The molecule has 0 bridgehead atoms. The number of sulfone groups is 1. The first-order chi connectivity index (χ1) is 8.41. The summed E-state index contributed by atoms with van der Waals surface area (Å²) in [6, 6.07) is -0.428. The van der Waals surface area contributed by atoms with Crippen molar-refractivity contribution in [1.82, 2.24) is 10.3 Å². The molecule has 1 aliphatic rings. The maximum atomic E-state index is 11.4. The fourth-order valence-corrected chi connectivity index (χ4v) is 4.69. The number of aliphatic hydroxyl groups excluding tert-OH is 1. The third-order valence-electron chi connectivity index (χ3n) is 3.08. The highest BCUT2D eigenvalue weighted by Gasteiger charge is 2.37. The lowest BCUT2D eigenvalue weighted by Gasteiger charge is -2.19. The van der Waals surface area contributed by atoms with Crippen molar-refractivity contribution in [3.8, 4) is 0 Å². The van der Waals surface area contributed by atoms with E-state index in [1.165, 1.54) is 4.88 Å². The van der Waals surface area contributed by atoms with E-state index in [-0.39, 0.29) is 23.6 Å². The van der Waals surface area contributed by atoms with Crippen LogP contribution in [-0.2, 0) is 16.3 Å². The molecule has 0 aliphatic carbocycles. The molecule has 1 aromatic heterocycles. The van der Waals surface area contributed by atoms with Gasteiger partial charge in [-0.15, -0.1) is 11.3 Å². The largest absolute Gasteiger partial charge is 0.390 e. The minimum atomic E-state index is -3.10. The van der Waals surface area contributed by atoms with Gasteiger partial charge in [0.05, 0.1) is 23.7 Å². The molecule has 2 rings (SSSR count). The number of nitrogens with zero attached hydrogens (tertiary/aromatic N) is 1. The zero-order valence-corrected chi connectivity index (χ0v) is 12.1. The average Bonchev–Trinajstić information content (AvgIpc) is 2.83. The fraction of sp³-hybridized carbons (Fsp3) is 0.727. The van der Waals surface area contributed by atoms with Crippen LogP contribution in [0.5, 0.6) is 0 Å². The van der Waals surface area contributed by atoms with E-state index in [9.17, 15) is 13.5 Å². The number of aryl methyl sites for hydroxylation is 1. The lowest BCUT2D eigenvalue weighted by Crippen LogP contribution is -2.40. The molecule has 0 radical (unpaired) electrons. The minimum Gasteiger partial charge on any atom is -0.390 e. The summed E-state index contributed by atoms with van der Waals surface area (Å²) in [5.41, 5.74) is 0. The Morgan fingerprint density at radius 1 is 1.61 bits per heavy atom. The highest BCUT2D eigenvalue weighted by atomic mass is 32.2. The number of aliphatic hydroxyl groups is 1. The summed E-state index contributed by atoms with van der Waals surface area (Å²) in [7, 11) is -3.10. The summed E-state index contributed by atoms with van der Waals surface area (Å²) in [6.07, 6.45) is 1.98. The van der Waals surface area contributed by atoms with Gasteiger partial charge in [0.15, 0.2) is 9.84 Å². The average molecular weight is 290 g/mol. The number of nitrogens with one attached hydrogen (secondary N) is 1. The van der Waals surface area contributed by atoms with Crippen molar-refractivity contribution in [2.45, 2.75) is 38.5 Å². The fourth-order valence-electron chi connectivity index (χ4n) is 2.07. The van der Waals surface area contributed by atoms with E-state index in [1.54, 1.807) is 11.3 Å². The SMILES string of the molecule is CCc1cnc(C(C)NC2CS(=O)(=O)CC2O)s1. The van der Waals surface area contributed by atoms with Crippen molar-refractivity contribution in [2.75, 3.05) is 11.5 Å². The van der Waals surface area contributed by atoms with Crippen molar-refractivity contribution in [2.24, 2.45) is 0 Å². The molecule has 0 spiro atoms. The molecule has 5 nitrogen and oxygen atoms in total. The summed E-state index contributed by atoms with van der Waals surface area (Å²) in [5.74, 6) is -0.139. The van der Waals surface area contributed by atoms with Crippen molar-refractivity contribution in [3.05, 3.63) is 16.1 Å². The maximum absolute atomic E-state index is 11.4. The first kappa shape index (κ1) is 13.9. The monoisotopic (exact) mass is 290 g/mol. The van der Waals surface area contributed by atoms with Gasteiger partial charge >= 0.3 is 0 Å². The van der Waals surface area contributed by atoms with E-state index in [0.29, 0.717) is 0 Å². The molecule has 0 amide bonds. The van der Waals surface area contributed by atoms with E-state index in [4.69, 9.17) is 0 Å². The summed E-state index contributed by atoms with van der Waals surface area (Å²) >= 11 is 1.62. The van der Waals surface area contributed by atoms with Crippen LogP contribution in [-0.4, -0.2) is 42.2 Å². The second kappa shape index (κ2) is 5.24. The Kier molecular flexibility index (Phi) is 4.05. The molecular formula is C11H18N2O3S2. The van der Waals surface area contributed by atoms with Gasteiger partial charge in [-0.3, -0.25) is 0 Å². The van der Waals surface area contributed by atoms with Crippen LogP contribution in [0.25, 0.3) is 0 Å². The van der Waals surface area contributed by atoms with Crippen LogP contribution in [0.1, 0.15) is 29.8 Å². The minimum absolute atomic E-state index is 0.00448. The summed E-state index contributed by atoms with van der Waals surface area (Å²) in [4.78, 5) is 5.52. The summed E-state index contributed by atoms with van der Waals surface area (Å²) in [6.45, 7) is 4.01. The number of thiazole rings is 1. The Morgan fingerprint density at radius 2 is 2.33 bits per heavy atom. The number of hydrogen-bond acceptors (Lipinski definition) is 6. The van der Waals surface area contributed by atoms with Crippen molar-refractivity contribution < 1.29 is 13.5 Å². The molecule has 1 saturated heterocycles. The number of rotatable bonds is 4. The zero-order chi connectivity index (χ0) is 13.3. The van der Waals surface area contributed by atoms with E-state index in [0.717, 1.165) is 11.4 Å². The Bertz CT molecular complexity index is 512. The van der Waals surface area contributed by atoms with Crippen LogP contribution >= 0.6 is 11.3 Å². The lowest BCUT2D eigenvalue weighted by molar-refractivity contribution is 0.160. The summed E-state index contributed by atoms with van der Waals surface area (Å²) in [5, 5.41) is 13.8. The predicted octanol–water partition coefficient (Wildman–Crippen LogP) is 0.514. The highest BCUT2D eigenvalue weighted by molar-refractivity contribution is 7.91. The molecule has 3 atom stereocenters. The van der Waals surface area contributed by atoms with Gasteiger partial charge in [-0.1, -0.05) is 6.92 Å². The smallest absolute Gasteiger partial charge is 0.154 e. The van der Waals surface area contributed by atoms with Gasteiger partial charge in [0.2, 0.25) is 0 Å². The molecule has 1 fully saturated rings. The quantitative estimate of drug-likeness (QED) is 0.845. The molecule has 102 valence electrons. The zero-order valence-electron chi connectivity index (χ0n) is 10.5. The summed E-state index contributed by atoms with van der Waals surface area (Å²) < 4.78 is 22.8. The van der Waals surface area contributed by atoms with Crippen molar-refractivity contribution >= 4 is 21.2 Å². The van der Waals surface area contributed by atoms with Crippen LogP contribution in [0.2, 0.25) is 0 Å². The van der Waals surface area contributed by atoms with Gasteiger partial charge in [0, 0.05) is 17.1 Å². The van der Waals surface area contributed by atoms with Gasteiger partial charge in [0.25, 0.3) is 0 Å². The van der Waals surface area contributed by atoms with E-state index in [2.05, 4.69) is 17.2 Å². The van der Waals surface area contributed by atoms with E-state index in [1.807, 2.05) is 13.1 Å². The lowest BCUT2D eigenvalue weighted by atomic mass is 10.2. The Labute approximate surface area is 111 Å². The van der Waals surface area contributed by atoms with Crippen LogP contribution in [0.4, 0.5) is 0 Å². The van der Waals surface area contributed by atoms with Gasteiger partial charge in [-0.2, -0.15) is 0 Å². The molecule has 1 aliphatic heterocycles. The first-order valence-electron chi connectivity index (χ1n) is 6.00. The number of hydrogen-bond donors (Lipinski definition) is 2. The molecule has 2 N–H and O–H groups in total. The molecule has 18 heavy (non-hydrogen) atoms. The third kappa shape index (κ3) is 3.09. The van der Waals surface area contributed by atoms with Gasteiger partial charge in [0.1, 0.15) is 5.01 Å². The maximum Gasteiger partial charge on any atom is 0.154 e. The Morgan fingerprint density at radius 3 is 2.83 bits per heavy atom. The van der Waals surface area contributed by atoms with E-state index >= 15 is 0 Å². The molecule has 3 unspecified atom stereocenters. The topological polar surface area (TPSA) is 79.3 Å². The molecule has 2 heterocycles. The molecule has 0 aromatic carbocycles. The third-order valence-corrected chi connectivity index (χ3v) is 6.12. The molecule has 0 saturated carbocycles. The van der Waals surface area contributed by atoms with Crippen molar-refractivity contribution in [3.63, 3.8) is 0 Å². The Balaban J connectivity index is 2.01. The van der Waals surface area contributed by atoms with Crippen molar-refractivity contribution in [1.29, 1.82) is 0 Å². The first-order valence-corrected chi connectivity index (χ1v) is 8.64. The number of aromatic nitrogens is 1. The van der Waals surface area contributed by atoms with Crippen LogP contribution < -0.4 is 5.32 Å². The standard InChI is InChI=1S/C11H18N2O3S2/c1-3-8-4-12-11(17-8)7(2)13-9-5-18(15,16)6-10(9)14/h4,7,9-10,13-14H,3,5-6H2,1-2H3. The van der Waals surface area contributed by atoms with Crippen LogP contribution in [0, 0.1) is 0 Å². The Hall–Kier alpha value is -0.500. The molecular weight excluding hydrogens is 272 g/mol. The van der Waals surface area contributed by atoms with Gasteiger partial charge in [-0.05, 0) is 13.3 Å².